The van der Waals surface area contributed by atoms with Crippen LogP contribution >= 0.6 is 34.5 Å². The molecule has 1 aromatic rings. The highest BCUT2D eigenvalue weighted by atomic mass is 35.5. The van der Waals surface area contributed by atoms with Crippen molar-refractivity contribution < 1.29 is 4.79 Å². The first kappa shape index (κ1) is 11.8. The molecule has 0 spiro atoms. The van der Waals surface area contributed by atoms with Gasteiger partial charge in [-0.3, -0.25) is 4.79 Å². The van der Waals surface area contributed by atoms with Crippen LogP contribution < -0.4 is 5.32 Å². The lowest BCUT2D eigenvalue weighted by atomic mass is 10.1. The van der Waals surface area contributed by atoms with Crippen molar-refractivity contribution in [1.29, 1.82) is 0 Å². The van der Waals surface area contributed by atoms with Crippen LogP contribution in [0.1, 0.15) is 16.6 Å². The zero-order valence-electron chi connectivity index (χ0n) is 7.72. The summed E-state index contributed by atoms with van der Waals surface area (Å²) in [4.78, 5) is 12.3. The molecule has 0 aliphatic heterocycles. The van der Waals surface area contributed by atoms with Crippen LogP contribution in [0.5, 0.6) is 0 Å². The molecule has 14 heavy (non-hydrogen) atoms. The average Bonchev–Trinajstić information content (AvgIpc) is 2.70. The van der Waals surface area contributed by atoms with Crippen molar-refractivity contribution >= 4 is 40.4 Å². The summed E-state index contributed by atoms with van der Waals surface area (Å²) >= 11 is 12.8. The number of alkyl halides is 2. The number of carbonyl (C=O) groups is 1. The highest BCUT2D eigenvalue weighted by Crippen LogP contribution is 2.13. The molecular formula is C9H11Cl2NOS. The van der Waals surface area contributed by atoms with Gasteiger partial charge in [0.1, 0.15) is 0 Å². The molecule has 0 saturated heterocycles. The molecule has 0 aliphatic carbocycles. The number of rotatable bonds is 4. The molecular weight excluding hydrogens is 241 g/mol. The summed E-state index contributed by atoms with van der Waals surface area (Å²) in [5.74, 6) is 0.477. The second-order valence-corrected chi connectivity index (χ2v) is 4.74. The molecule has 0 bridgehead atoms. The zero-order chi connectivity index (χ0) is 10.6. The van der Waals surface area contributed by atoms with Crippen LogP contribution in [-0.4, -0.2) is 23.2 Å². The van der Waals surface area contributed by atoms with E-state index < -0.39 is 5.54 Å². The van der Waals surface area contributed by atoms with Crippen molar-refractivity contribution in [2.75, 3.05) is 11.8 Å². The fourth-order valence-corrected chi connectivity index (χ4v) is 1.88. The van der Waals surface area contributed by atoms with Crippen molar-refractivity contribution in [3.63, 3.8) is 0 Å². The largest absolute Gasteiger partial charge is 0.344 e. The van der Waals surface area contributed by atoms with E-state index in [4.69, 9.17) is 23.2 Å². The number of nitrogens with one attached hydrogen (secondary N) is 1. The third kappa shape index (κ3) is 2.87. The maximum absolute atomic E-state index is 11.6. The summed E-state index contributed by atoms with van der Waals surface area (Å²) in [6, 6.07) is 3.60. The third-order valence-electron chi connectivity index (χ3n) is 1.75. The second kappa shape index (κ2) is 5.01. The molecule has 1 heterocycles. The molecule has 1 N–H and O–H groups in total. The number of hydrogen-bond acceptors (Lipinski definition) is 2. The Hall–Kier alpha value is -0.250. The molecule has 0 atom stereocenters. The summed E-state index contributed by atoms with van der Waals surface area (Å²) in [6.07, 6.45) is 0. The van der Waals surface area contributed by atoms with Crippen LogP contribution in [0.15, 0.2) is 17.5 Å². The Morgan fingerprint density at radius 1 is 1.57 bits per heavy atom. The molecule has 78 valence electrons. The smallest absolute Gasteiger partial charge is 0.261 e. The van der Waals surface area contributed by atoms with Gasteiger partial charge in [-0.15, -0.1) is 34.5 Å². The number of hydrogen-bond donors (Lipinski definition) is 1. The molecule has 5 heteroatoms. The van der Waals surface area contributed by atoms with Crippen molar-refractivity contribution in [2.45, 2.75) is 12.5 Å². The Balaban J connectivity index is 2.65. The minimum Gasteiger partial charge on any atom is -0.344 e. The molecule has 0 radical (unpaired) electrons. The Labute approximate surface area is 97.2 Å². The van der Waals surface area contributed by atoms with Crippen LogP contribution in [0, 0.1) is 0 Å². The minimum absolute atomic E-state index is 0.121. The fourth-order valence-electron chi connectivity index (χ4n) is 0.846. The van der Waals surface area contributed by atoms with E-state index in [-0.39, 0.29) is 5.91 Å². The van der Waals surface area contributed by atoms with Crippen molar-refractivity contribution in [3.8, 4) is 0 Å². The maximum Gasteiger partial charge on any atom is 0.261 e. The van der Waals surface area contributed by atoms with Crippen molar-refractivity contribution in [3.05, 3.63) is 22.4 Å². The van der Waals surface area contributed by atoms with Gasteiger partial charge in [-0.2, -0.15) is 0 Å². The van der Waals surface area contributed by atoms with E-state index in [0.29, 0.717) is 16.6 Å². The number of halogens is 2. The van der Waals surface area contributed by atoms with Crippen LogP contribution in [0.4, 0.5) is 0 Å². The molecule has 0 aliphatic rings. The predicted molar refractivity (Wildman–Crippen MR) is 61.6 cm³/mol. The molecule has 2 nitrogen and oxygen atoms in total. The Morgan fingerprint density at radius 3 is 2.64 bits per heavy atom. The van der Waals surface area contributed by atoms with E-state index in [1.165, 1.54) is 11.3 Å². The maximum atomic E-state index is 11.6. The average molecular weight is 252 g/mol. The lowest BCUT2D eigenvalue weighted by Crippen LogP contribution is -2.49. The lowest BCUT2D eigenvalue weighted by molar-refractivity contribution is 0.0925. The Morgan fingerprint density at radius 2 is 2.21 bits per heavy atom. The molecule has 1 aromatic heterocycles. The van der Waals surface area contributed by atoms with Gasteiger partial charge in [-0.05, 0) is 18.4 Å². The van der Waals surface area contributed by atoms with Crippen LogP contribution in [-0.2, 0) is 0 Å². The summed E-state index contributed by atoms with van der Waals surface area (Å²) in [5.41, 5.74) is -0.538. The molecule has 0 unspecified atom stereocenters. The van der Waals surface area contributed by atoms with Gasteiger partial charge in [-0.25, -0.2) is 0 Å². The van der Waals surface area contributed by atoms with E-state index in [2.05, 4.69) is 5.32 Å². The first-order chi connectivity index (χ1) is 6.61. The van der Waals surface area contributed by atoms with Gasteiger partial charge in [0, 0.05) is 11.8 Å². The first-order valence-electron chi connectivity index (χ1n) is 4.09. The molecule has 1 rings (SSSR count). The highest BCUT2D eigenvalue weighted by molar-refractivity contribution is 7.12. The molecule has 0 aromatic carbocycles. The van der Waals surface area contributed by atoms with Crippen molar-refractivity contribution in [1.82, 2.24) is 5.32 Å². The summed E-state index contributed by atoms with van der Waals surface area (Å²) in [6.45, 7) is 1.82. The SMILES string of the molecule is CC(CCl)(CCl)NC(=O)c1cccs1. The molecule has 0 fully saturated rings. The second-order valence-electron chi connectivity index (χ2n) is 3.26. The van der Waals surface area contributed by atoms with Gasteiger partial charge < -0.3 is 5.32 Å². The van der Waals surface area contributed by atoms with E-state index >= 15 is 0 Å². The normalized spacial score (nSPS) is 11.4. The topological polar surface area (TPSA) is 29.1 Å². The van der Waals surface area contributed by atoms with Gasteiger partial charge in [0.05, 0.1) is 10.4 Å². The van der Waals surface area contributed by atoms with Gasteiger partial charge in [-0.1, -0.05) is 6.07 Å². The summed E-state index contributed by atoms with van der Waals surface area (Å²) in [7, 11) is 0. The summed E-state index contributed by atoms with van der Waals surface area (Å²) < 4.78 is 0. The first-order valence-corrected chi connectivity index (χ1v) is 6.04. The van der Waals surface area contributed by atoms with Gasteiger partial charge in [0.15, 0.2) is 0 Å². The van der Waals surface area contributed by atoms with Gasteiger partial charge in [0.25, 0.3) is 5.91 Å². The standard InChI is InChI=1S/C9H11Cl2NOS/c1-9(5-10,6-11)12-8(13)7-3-2-4-14-7/h2-4H,5-6H2,1H3,(H,12,13). The number of carbonyl (C=O) groups excluding carboxylic acids is 1. The fraction of sp³-hybridized carbons (Fsp3) is 0.444. The van der Waals surface area contributed by atoms with E-state index in [9.17, 15) is 4.79 Å². The lowest BCUT2D eigenvalue weighted by Gasteiger charge is -2.25. The number of thiophene rings is 1. The monoisotopic (exact) mass is 251 g/mol. The molecule has 1 amide bonds. The van der Waals surface area contributed by atoms with Gasteiger partial charge in [0.2, 0.25) is 0 Å². The minimum atomic E-state index is -0.538. The van der Waals surface area contributed by atoms with Crippen LogP contribution in [0.2, 0.25) is 0 Å². The third-order valence-corrected chi connectivity index (χ3v) is 3.80. The Kier molecular flexibility index (Phi) is 4.23. The molecule has 0 saturated carbocycles. The predicted octanol–water partition coefficient (Wildman–Crippen LogP) is 2.71. The Bertz CT molecular complexity index is 296. The van der Waals surface area contributed by atoms with Crippen LogP contribution in [0.25, 0.3) is 0 Å². The van der Waals surface area contributed by atoms with E-state index in [0.717, 1.165) is 0 Å². The van der Waals surface area contributed by atoms with Crippen LogP contribution in [0.3, 0.4) is 0 Å². The quantitative estimate of drug-likeness (QED) is 0.820. The van der Waals surface area contributed by atoms with E-state index in [1.54, 1.807) is 6.07 Å². The zero-order valence-corrected chi connectivity index (χ0v) is 10.0. The summed E-state index contributed by atoms with van der Waals surface area (Å²) in [5, 5.41) is 4.66. The number of amides is 1. The highest BCUT2D eigenvalue weighted by Gasteiger charge is 2.24. The van der Waals surface area contributed by atoms with Gasteiger partial charge >= 0.3 is 0 Å². The van der Waals surface area contributed by atoms with E-state index in [1.807, 2.05) is 18.4 Å². The van der Waals surface area contributed by atoms with Crippen molar-refractivity contribution in [2.24, 2.45) is 0 Å².